The van der Waals surface area contributed by atoms with E-state index in [2.05, 4.69) is 10.3 Å². The zero-order valence-electron chi connectivity index (χ0n) is 13.0. The summed E-state index contributed by atoms with van der Waals surface area (Å²) < 4.78 is 5.53. The Labute approximate surface area is 124 Å². The molecule has 4 N–H and O–H groups in total. The molecule has 0 bridgehead atoms. The van der Waals surface area contributed by atoms with Crippen LogP contribution in [-0.4, -0.2) is 30.1 Å². The molecule has 1 atom stereocenters. The maximum atomic E-state index is 12.5. The van der Waals surface area contributed by atoms with Crippen molar-refractivity contribution >= 4 is 22.6 Å². The van der Waals surface area contributed by atoms with Gasteiger partial charge in [-0.25, -0.2) is 0 Å². The maximum absolute atomic E-state index is 12.5. The number of nitrogens with one attached hydrogen (secondary N) is 2. The van der Waals surface area contributed by atoms with E-state index in [4.69, 9.17) is 10.5 Å². The van der Waals surface area contributed by atoms with Gasteiger partial charge in [0.05, 0.1) is 5.92 Å². The lowest BCUT2D eigenvalue weighted by molar-refractivity contribution is -0.156. The fourth-order valence-corrected chi connectivity index (χ4v) is 2.35. The number of hydrogen-bond acceptors (Lipinski definition) is 4. The number of nitrogens with two attached hydrogens (primary N) is 1. The van der Waals surface area contributed by atoms with E-state index in [1.54, 1.807) is 0 Å². The molecule has 0 aliphatic rings. The standard InChI is InChI=1S/C16H23N3O2/c1-16(2,3)21-15(20)13(8-18-4)12-9-19-14-6-5-10(17)7-11(12)14/h5-7,9,13,18-19H,8,17H2,1-4H3. The number of aromatic amines is 1. The third kappa shape index (κ3) is 3.55. The van der Waals surface area contributed by atoms with Gasteiger partial charge in [-0.1, -0.05) is 0 Å². The van der Waals surface area contributed by atoms with Crippen molar-refractivity contribution in [2.75, 3.05) is 19.3 Å². The molecule has 0 saturated carbocycles. The number of carbonyl (C=O) groups excluding carboxylic acids is 1. The quantitative estimate of drug-likeness (QED) is 0.596. The van der Waals surface area contributed by atoms with Gasteiger partial charge in [-0.15, -0.1) is 0 Å². The van der Waals surface area contributed by atoms with Gasteiger partial charge in [0.25, 0.3) is 0 Å². The molecule has 0 aliphatic heterocycles. The number of nitrogen functional groups attached to an aromatic ring is 1. The predicted octanol–water partition coefficient (Wildman–Crippen LogP) is 2.39. The van der Waals surface area contributed by atoms with Crippen LogP contribution < -0.4 is 11.1 Å². The second-order valence-electron chi connectivity index (χ2n) is 6.19. The maximum Gasteiger partial charge on any atom is 0.315 e. The van der Waals surface area contributed by atoms with Crippen LogP contribution in [0.5, 0.6) is 0 Å². The van der Waals surface area contributed by atoms with E-state index < -0.39 is 5.60 Å². The molecule has 1 aromatic heterocycles. The van der Waals surface area contributed by atoms with Gasteiger partial charge in [0.2, 0.25) is 0 Å². The molecule has 0 amide bonds. The minimum atomic E-state index is -0.506. The number of hydrogen-bond donors (Lipinski definition) is 3. The number of fused-ring (bicyclic) bond motifs is 1. The molecule has 2 aromatic rings. The van der Waals surface area contributed by atoms with Crippen molar-refractivity contribution in [1.82, 2.24) is 10.3 Å². The third-order valence-corrected chi connectivity index (χ3v) is 3.21. The smallest absolute Gasteiger partial charge is 0.315 e. The Morgan fingerprint density at radius 1 is 1.43 bits per heavy atom. The number of carbonyl (C=O) groups is 1. The average Bonchev–Trinajstić information content (AvgIpc) is 2.76. The molecular formula is C16H23N3O2. The first-order chi connectivity index (χ1) is 9.81. The lowest BCUT2D eigenvalue weighted by Gasteiger charge is -2.24. The normalized spacial score (nSPS) is 13.3. The third-order valence-electron chi connectivity index (χ3n) is 3.21. The van der Waals surface area contributed by atoms with Crippen molar-refractivity contribution in [2.45, 2.75) is 32.3 Å². The highest BCUT2D eigenvalue weighted by Gasteiger charge is 2.28. The van der Waals surface area contributed by atoms with Gasteiger partial charge < -0.3 is 20.8 Å². The first-order valence-corrected chi connectivity index (χ1v) is 7.06. The molecule has 1 heterocycles. The molecule has 0 fully saturated rings. The number of anilines is 1. The number of likely N-dealkylation sites (N-methyl/N-ethyl adjacent to an activating group) is 1. The van der Waals surface area contributed by atoms with Gasteiger partial charge >= 0.3 is 5.97 Å². The van der Waals surface area contributed by atoms with Crippen LogP contribution in [0.4, 0.5) is 5.69 Å². The SMILES string of the molecule is CNCC(C(=O)OC(C)(C)C)c1c[nH]c2ccc(N)cc12. The van der Waals surface area contributed by atoms with Crippen LogP contribution in [0.25, 0.3) is 10.9 Å². The summed E-state index contributed by atoms with van der Waals surface area (Å²) in [5.74, 6) is -0.607. The number of rotatable bonds is 4. The number of esters is 1. The van der Waals surface area contributed by atoms with Gasteiger partial charge in [0, 0.05) is 29.3 Å². The van der Waals surface area contributed by atoms with Crippen LogP contribution in [-0.2, 0) is 9.53 Å². The molecule has 21 heavy (non-hydrogen) atoms. The van der Waals surface area contributed by atoms with E-state index >= 15 is 0 Å². The topological polar surface area (TPSA) is 80.1 Å². The van der Waals surface area contributed by atoms with Crippen LogP contribution in [0, 0.1) is 0 Å². The second-order valence-corrected chi connectivity index (χ2v) is 6.19. The Kier molecular flexibility index (Phi) is 4.23. The lowest BCUT2D eigenvalue weighted by Crippen LogP contribution is -2.32. The molecule has 5 nitrogen and oxygen atoms in total. The van der Waals surface area contributed by atoms with E-state index in [-0.39, 0.29) is 11.9 Å². The summed E-state index contributed by atoms with van der Waals surface area (Å²) in [4.78, 5) is 15.6. The summed E-state index contributed by atoms with van der Waals surface area (Å²) in [5, 5.41) is 4.02. The van der Waals surface area contributed by atoms with Crippen LogP contribution in [0.2, 0.25) is 0 Å². The second kappa shape index (κ2) is 5.77. The lowest BCUT2D eigenvalue weighted by atomic mass is 9.98. The monoisotopic (exact) mass is 289 g/mol. The molecule has 2 rings (SSSR count). The van der Waals surface area contributed by atoms with E-state index in [1.807, 2.05) is 52.2 Å². The fourth-order valence-electron chi connectivity index (χ4n) is 2.35. The Bertz CT molecular complexity index is 640. The largest absolute Gasteiger partial charge is 0.459 e. The zero-order chi connectivity index (χ0) is 15.6. The minimum absolute atomic E-state index is 0.236. The van der Waals surface area contributed by atoms with Crippen LogP contribution in [0.1, 0.15) is 32.3 Å². The highest BCUT2D eigenvalue weighted by Crippen LogP contribution is 2.29. The van der Waals surface area contributed by atoms with Crippen molar-refractivity contribution in [3.8, 4) is 0 Å². The predicted molar refractivity (Wildman–Crippen MR) is 85.2 cm³/mol. The fraction of sp³-hybridized carbons (Fsp3) is 0.438. The molecular weight excluding hydrogens is 266 g/mol. The summed E-state index contributed by atoms with van der Waals surface area (Å²) in [6.45, 7) is 6.12. The highest BCUT2D eigenvalue weighted by molar-refractivity contribution is 5.91. The number of ether oxygens (including phenoxy) is 1. The molecule has 0 spiro atoms. The van der Waals surface area contributed by atoms with Crippen molar-refractivity contribution in [3.05, 3.63) is 30.0 Å². The van der Waals surface area contributed by atoms with Crippen molar-refractivity contribution in [3.63, 3.8) is 0 Å². The summed E-state index contributed by atoms with van der Waals surface area (Å²) in [6.07, 6.45) is 1.86. The highest BCUT2D eigenvalue weighted by atomic mass is 16.6. The van der Waals surface area contributed by atoms with Gasteiger partial charge in [-0.3, -0.25) is 4.79 Å². The van der Waals surface area contributed by atoms with E-state index in [9.17, 15) is 4.79 Å². The molecule has 1 unspecified atom stereocenters. The van der Waals surface area contributed by atoms with Gasteiger partial charge in [0.15, 0.2) is 0 Å². The molecule has 0 saturated heterocycles. The van der Waals surface area contributed by atoms with E-state index in [0.29, 0.717) is 12.2 Å². The van der Waals surface area contributed by atoms with Crippen LogP contribution in [0.15, 0.2) is 24.4 Å². The Hall–Kier alpha value is -2.01. The van der Waals surface area contributed by atoms with Gasteiger partial charge in [-0.2, -0.15) is 0 Å². The Balaban J connectivity index is 2.40. The average molecular weight is 289 g/mol. The van der Waals surface area contributed by atoms with E-state index in [1.165, 1.54) is 0 Å². The van der Waals surface area contributed by atoms with Gasteiger partial charge in [0.1, 0.15) is 5.60 Å². The van der Waals surface area contributed by atoms with Crippen molar-refractivity contribution < 1.29 is 9.53 Å². The summed E-state index contributed by atoms with van der Waals surface area (Å²) >= 11 is 0. The first-order valence-electron chi connectivity index (χ1n) is 7.06. The van der Waals surface area contributed by atoms with Crippen molar-refractivity contribution in [2.24, 2.45) is 0 Å². The Morgan fingerprint density at radius 3 is 2.76 bits per heavy atom. The summed E-state index contributed by atoms with van der Waals surface area (Å²) in [7, 11) is 1.82. The number of aromatic nitrogens is 1. The molecule has 1 aromatic carbocycles. The zero-order valence-corrected chi connectivity index (χ0v) is 13.0. The van der Waals surface area contributed by atoms with Crippen LogP contribution >= 0.6 is 0 Å². The molecule has 0 radical (unpaired) electrons. The number of H-pyrrole nitrogens is 1. The molecule has 114 valence electrons. The van der Waals surface area contributed by atoms with Gasteiger partial charge in [-0.05, 0) is 51.6 Å². The minimum Gasteiger partial charge on any atom is -0.459 e. The Morgan fingerprint density at radius 2 is 2.14 bits per heavy atom. The van der Waals surface area contributed by atoms with E-state index in [0.717, 1.165) is 16.5 Å². The summed E-state index contributed by atoms with van der Waals surface area (Å²) in [5.41, 5.74) is 7.89. The summed E-state index contributed by atoms with van der Waals surface area (Å²) in [6, 6.07) is 5.64. The first kappa shape index (κ1) is 15.4. The molecule has 5 heteroatoms. The number of benzene rings is 1. The molecule has 0 aliphatic carbocycles. The van der Waals surface area contributed by atoms with Crippen LogP contribution in [0.3, 0.4) is 0 Å². The van der Waals surface area contributed by atoms with Crippen molar-refractivity contribution in [1.29, 1.82) is 0 Å².